The maximum absolute atomic E-state index is 11.6. The standard InChI is InChI=1S/C9H15N3O6/c10-8(15)18-3-1-11-9(16)12-2-4-17-6(5-12)7(13)14/h6H,1-5H2,(H2,10,15)(H,11,16)(H,13,14). The van der Waals surface area contributed by atoms with Gasteiger partial charge in [0.15, 0.2) is 6.10 Å². The van der Waals surface area contributed by atoms with Crippen molar-refractivity contribution >= 4 is 18.1 Å². The summed E-state index contributed by atoms with van der Waals surface area (Å²) >= 11 is 0. The van der Waals surface area contributed by atoms with E-state index in [-0.39, 0.29) is 26.3 Å². The molecular weight excluding hydrogens is 246 g/mol. The average Bonchev–Trinajstić information content (AvgIpc) is 2.34. The molecule has 1 heterocycles. The molecular formula is C9H15N3O6. The molecule has 102 valence electrons. The Morgan fingerprint density at radius 2 is 2.22 bits per heavy atom. The van der Waals surface area contributed by atoms with Crippen molar-refractivity contribution in [1.29, 1.82) is 0 Å². The number of carbonyl (C=O) groups excluding carboxylic acids is 2. The number of nitrogens with one attached hydrogen (secondary N) is 1. The number of nitrogens with two attached hydrogens (primary N) is 1. The number of primary amides is 1. The fourth-order valence-corrected chi connectivity index (χ4v) is 1.40. The summed E-state index contributed by atoms with van der Waals surface area (Å²) < 4.78 is 9.40. The zero-order chi connectivity index (χ0) is 13.5. The van der Waals surface area contributed by atoms with Crippen LogP contribution in [0.1, 0.15) is 0 Å². The van der Waals surface area contributed by atoms with Gasteiger partial charge in [0.2, 0.25) is 0 Å². The Bertz CT molecular complexity index is 334. The van der Waals surface area contributed by atoms with Gasteiger partial charge in [-0.05, 0) is 0 Å². The highest BCUT2D eigenvalue weighted by Crippen LogP contribution is 2.05. The lowest BCUT2D eigenvalue weighted by atomic mass is 10.3. The topological polar surface area (TPSA) is 131 Å². The van der Waals surface area contributed by atoms with Crippen molar-refractivity contribution in [3.63, 3.8) is 0 Å². The molecule has 9 nitrogen and oxygen atoms in total. The van der Waals surface area contributed by atoms with Crippen LogP contribution in [0.15, 0.2) is 0 Å². The van der Waals surface area contributed by atoms with Gasteiger partial charge >= 0.3 is 18.1 Å². The van der Waals surface area contributed by atoms with Crippen molar-refractivity contribution in [2.24, 2.45) is 5.73 Å². The van der Waals surface area contributed by atoms with E-state index in [1.54, 1.807) is 0 Å². The van der Waals surface area contributed by atoms with Crippen molar-refractivity contribution < 1.29 is 29.0 Å². The zero-order valence-electron chi connectivity index (χ0n) is 9.63. The van der Waals surface area contributed by atoms with Crippen LogP contribution in [0.3, 0.4) is 0 Å². The molecule has 1 rings (SSSR count). The van der Waals surface area contributed by atoms with Crippen LogP contribution in [0.5, 0.6) is 0 Å². The number of hydrogen-bond donors (Lipinski definition) is 3. The Morgan fingerprint density at radius 3 is 2.83 bits per heavy atom. The molecule has 1 atom stereocenters. The molecule has 1 aliphatic heterocycles. The lowest BCUT2D eigenvalue weighted by Gasteiger charge is -2.30. The number of carboxylic acids is 1. The van der Waals surface area contributed by atoms with Crippen LogP contribution in [-0.4, -0.2) is 67.1 Å². The highest BCUT2D eigenvalue weighted by molar-refractivity contribution is 5.77. The third-order valence-corrected chi connectivity index (χ3v) is 2.25. The van der Waals surface area contributed by atoms with E-state index in [1.807, 2.05) is 0 Å². The number of urea groups is 1. The number of morpholine rings is 1. The van der Waals surface area contributed by atoms with E-state index in [2.05, 4.69) is 10.1 Å². The SMILES string of the molecule is NC(=O)OCCNC(=O)N1CCOC(C(=O)O)C1. The maximum atomic E-state index is 11.6. The summed E-state index contributed by atoms with van der Waals surface area (Å²) in [6.07, 6.45) is -1.92. The first-order valence-electron chi connectivity index (χ1n) is 5.30. The van der Waals surface area contributed by atoms with Crippen LogP contribution in [0, 0.1) is 0 Å². The third-order valence-electron chi connectivity index (χ3n) is 2.25. The van der Waals surface area contributed by atoms with E-state index in [1.165, 1.54) is 4.90 Å². The van der Waals surface area contributed by atoms with E-state index in [0.717, 1.165) is 0 Å². The molecule has 1 unspecified atom stereocenters. The van der Waals surface area contributed by atoms with E-state index in [4.69, 9.17) is 15.6 Å². The van der Waals surface area contributed by atoms with E-state index in [9.17, 15) is 14.4 Å². The molecule has 0 saturated carbocycles. The molecule has 0 aliphatic carbocycles. The number of rotatable bonds is 4. The fraction of sp³-hybridized carbons (Fsp3) is 0.667. The minimum absolute atomic E-state index is 0.0160. The molecule has 1 fully saturated rings. The Labute approximate surface area is 103 Å². The fourth-order valence-electron chi connectivity index (χ4n) is 1.40. The molecule has 9 heteroatoms. The Kier molecular flexibility index (Phi) is 5.18. The van der Waals surface area contributed by atoms with Crippen LogP contribution in [0.25, 0.3) is 0 Å². The van der Waals surface area contributed by atoms with Crippen molar-refractivity contribution in [2.45, 2.75) is 6.10 Å². The highest BCUT2D eigenvalue weighted by atomic mass is 16.5. The van der Waals surface area contributed by atoms with Gasteiger partial charge in [-0.1, -0.05) is 0 Å². The largest absolute Gasteiger partial charge is 0.479 e. The Hall–Kier alpha value is -2.03. The summed E-state index contributed by atoms with van der Waals surface area (Å²) in [4.78, 5) is 33.9. The van der Waals surface area contributed by atoms with E-state index < -0.39 is 24.2 Å². The molecule has 0 spiro atoms. The maximum Gasteiger partial charge on any atom is 0.404 e. The predicted octanol–water partition coefficient (Wildman–Crippen LogP) is -1.42. The van der Waals surface area contributed by atoms with Crippen molar-refractivity contribution in [3.05, 3.63) is 0 Å². The number of carboxylic acid groups (broad SMARTS) is 1. The van der Waals surface area contributed by atoms with Crippen LogP contribution in [0.2, 0.25) is 0 Å². The molecule has 1 aliphatic rings. The molecule has 1 saturated heterocycles. The number of nitrogens with zero attached hydrogens (tertiary/aromatic N) is 1. The van der Waals surface area contributed by atoms with Gasteiger partial charge in [-0.2, -0.15) is 0 Å². The summed E-state index contributed by atoms with van der Waals surface area (Å²) in [6, 6.07) is -0.433. The number of hydrogen-bond acceptors (Lipinski definition) is 5. The van der Waals surface area contributed by atoms with Crippen molar-refractivity contribution in [2.75, 3.05) is 32.8 Å². The van der Waals surface area contributed by atoms with Gasteiger partial charge < -0.3 is 30.5 Å². The average molecular weight is 261 g/mol. The summed E-state index contributed by atoms with van der Waals surface area (Å²) in [5.74, 6) is -1.11. The minimum Gasteiger partial charge on any atom is -0.479 e. The lowest BCUT2D eigenvalue weighted by molar-refractivity contribution is -0.154. The molecule has 0 radical (unpaired) electrons. The molecule has 0 aromatic rings. The minimum atomic E-state index is -1.11. The van der Waals surface area contributed by atoms with E-state index >= 15 is 0 Å². The van der Waals surface area contributed by atoms with E-state index in [0.29, 0.717) is 6.54 Å². The number of amides is 3. The van der Waals surface area contributed by atoms with Gasteiger partial charge in [-0.3, -0.25) is 0 Å². The summed E-state index contributed by atoms with van der Waals surface area (Å²) in [5.41, 5.74) is 4.74. The third kappa shape index (κ3) is 4.45. The summed E-state index contributed by atoms with van der Waals surface area (Å²) in [6.45, 7) is 0.539. The van der Waals surface area contributed by atoms with Gasteiger partial charge in [0, 0.05) is 6.54 Å². The van der Waals surface area contributed by atoms with Gasteiger partial charge in [0.25, 0.3) is 0 Å². The summed E-state index contributed by atoms with van der Waals surface area (Å²) in [5, 5.41) is 11.2. The zero-order valence-corrected chi connectivity index (χ0v) is 9.63. The quantitative estimate of drug-likeness (QED) is 0.532. The number of aliphatic carboxylic acids is 1. The van der Waals surface area contributed by atoms with Crippen molar-refractivity contribution in [1.82, 2.24) is 10.2 Å². The normalized spacial score (nSPS) is 19.1. The summed E-state index contributed by atoms with van der Waals surface area (Å²) in [7, 11) is 0. The second-order valence-electron chi connectivity index (χ2n) is 3.54. The van der Waals surface area contributed by atoms with Gasteiger partial charge in [0.05, 0.1) is 19.7 Å². The Balaban J connectivity index is 2.28. The van der Waals surface area contributed by atoms with Crippen LogP contribution >= 0.6 is 0 Å². The van der Waals surface area contributed by atoms with Gasteiger partial charge in [-0.25, -0.2) is 14.4 Å². The number of ether oxygens (including phenoxy) is 2. The molecule has 3 amide bonds. The second-order valence-corrected chi connectivity index (χ2v) is 3.54. The number of carbonyl (C=O) groups is 3. The smallest absolute Gasteiger partial charge is 0.404 e. The monoisotopic (exact) mass is 261 g/mol. The van der Waals surface area contributed by atoms with Crippen molar-refractivity contribution in [3.8, 4) is 0 Å². The first-order valence-corrected chi connectivity index (χ1v) is 5.30. The van der Waals surface area contributed by atoms with Crippen LogP contribution < -0.4 is 11.1 Å². The van der Waals surface area contributed by atoms with Gasteiger partial charge in [-0.15, -0.1) is 0 Å². The first-order chi connectivity index (χ1) is 8.50. The van der Waals surface area contributed by atoms with Gasteiger partial charge in [0.1, 0.15) is 6.61 Å². The molecule has 18 heavy (non-hydrogen) atoms. The Morgan fingerprint density at radius 1 is 1.50 bits per heavy atom. The lowest BCUT2D eigenvalue weighted by Crippen LogP contribution is -2.52. The highest BCUT2D eigenvalue weighted by Gasteiger charge is 2.28. The first kappa shape index (κ1) is 14.0. The van der Waals surface area contributed by atoms with Crippen LogP contribution in [-0.2, 0) is 14.3 Å². The predicted molar refractivity (Wildman–Crippen MR) is 57.9 cm³/mol. The van der Waals surface area contributed by atoms with Crippen LogP contribution in [0.4, 0.5) is 9.59 Å². The molecule has 4 N–H and O–H groups in total. The second kappa shape index (κ2) is 6.64. The molecule has 0 aromatic heterocycles. The molecule has 0 bridgehead atoms. The molecule has 0 aromatic carbocycles.